The molecule has 1 aliphatic heterocycles. The fourth-order valence-corrected chi connectivity index (χ4v) is 2.21. The first-order valence-corrected chi connectivity index (χ1v) is 5.25. The third-order valence-corrected chi connectivity index (χ3v) is 3.12. The van der Waals surface area contributed by atoms with Crippen molar-refractivity contribution < 1.29 is 9.90 Å². The van der Waals surface area contributed by atoms with Gasteiger partial charge in [-0.05, 0) is 24.9 Å². The van der Waals surface area contributed by atoms with Crippen LogP contribution in [-0.4, -0.2) is 24.2 Å². The third kappa shape index (κ3) is 1.75. The van der Waals surface area contributed by atoms with E-state index in [9.17, 15) is 9.90 Å². The Kier molecular flexibility index (Phi) is 2.73. The molecule has 0 aliphatic carbocycles. The lowest BCUT2D eigenvalue weighted by atomic mass is 9.75. The standard InChI is InChI=1S/C12H15NO2/c14-11(15)12(7-4-8-13-9-12)10-5-2-1-3-6-10/h1-3,5-6,13H,4,7-9H2,(H,14,15)/t12-/m0/s1. The molecular weight excluding hydrogens is 190 g/mol. The van der Waals surface area contributed by atoms with E-state index in [0.717, 1.165) is 24.9 Å². The summed E-state index contributed by atoms with van der Waals surface area (Å²) in [6, 6.07) is 9.51. The Morgan fingerprint density at radius 3 is 2.60 bits per heavy atom. The molecule has 0 saturated carbocycles. The molecule has 2 N–H and O–H groups in total. The lowest BCUT2D eigenvalue weighted by Gasteiger charge is -2.34. The van der Waals surface area contributed by atoms with Crippen LogP contribution < -0.4 is 5.32 Å². The van der Waals surface area contributed by atoms with Crippen LogP contribution in [0.15, 0.2) is 30.3 Å². The van der Waals surface area contributed by atoms with Gasteiger partial charge in [0, 0.05) is 6.54 Å². The molecule has 1 aromatic rings. The van der Waals surface area contributed by atoms with Crippen molar-refractivity contribution in [2.75, 3.05) is 13.1 Å². The molecule has 1 aliphatic rings. The molecule has 0 unspecified atom stereocenters. The maximum absolute atomic E-state index is 11.4. The lowest BCUT2D eigenvalue weighted by Crippen LogP contribution is -2.48. The number of aliphatic carboxylic acids is 1. The van der Waals surface area contributed by atoms with E-state index >= 15 is 0 Å². The normalized spacial score (nSPS) is 26.1. The number of nitrogens with one attached hydrogen (secondary N) is 1. The van der Waals surface area contributed by atoms with Crippen molar-refractivity contribution in [3.05, 3.63) is 35.9 Å². The molecule has 1 saturated heterocycles. The molecule has 80 valence electrons. The molecule has 1 aromatic carbocycles. The molecule has 2 rings (SSSR count). The predicted octanol–water partition coefficient (Wildman–Crippen LogP) is 1.39. The van der Waals surface area contributed by atoms with Crippen LogP contribution in [0.5, 0.6) is 0 Å². The van der Waals surface area contributed by atoms with E-state index in [0.29, 0.717) is 6.54 Å². The van der Waals surface area contributed by atoms with Crippen LogP contribution >= 0.6 is 0 Å². The van der Waals surface area contributed by atoms with Crippen molar-refractivity contribution in [1.82, 2.24) is 5.32 Å². The molecule has 1 atom stereocenters. The Bertz CT molecular complexity index is 342. The van der Waals surface area contributed by atoms with Gasteiger partial charge in [0.15, 0.2) is 0 Å². The van der Waals surface area contributed by atoms with E-state index in [1.54, 1.807) is 0 Å². The quantitative estimate of drug-likeness (QED) is 0.767. The summed E-state index contributed by atoms with van der Waals surface area (Å²) in [6.07, 6.45) is 1.64. The first-order valence-electron chi connectivity index (χ1n) is 5.25. The summed E-state index contributed by atoms with van der Waals surface area (Å²) in [5.74, 6) is -0.721. The third-order valence-electron chi connectivity index (χ3n) is 3.12. The molecular formula is C12H15NO2. The predicted molar refractivity (Wildman–Crippen MR) is 57.9 cm³/mol. The van der Waals surface area contributed by atoms with Gasteiger partial charge in [-0.15, -0.1) is 0 Å². The van der Waals surface area contributed by atoms with Gasteiger partial charge in [0.2, 0.25) is 0 Å². The summed E-state index contributed by atoms with van der Waals surface area (Å²) >= 11 is 0. The van der Waals surface area contributed by atoms with E-state index < -0.39 is 11.4 Å². The zero-order chi connectivity index (χ0) is 10.7. The number of rotatable bonds is 2. The van der Waals surface area contributed by atoms with Crippen LogP contribution in [-0.2, 0) is 10.2 Å². The highest BCUT2D eigenvalue weighted by Gasteiger charge is 2.41. The molecule has 0 bridgehead atoms. The summed E-state index contributed by atoms with van der Waals surface area (Å²) in [5, 5.41) is 12.6. The Morgan fingerprint density at radius 2 is 2.07 bits per heavy atom. The second-order valence-corrected chi connectivity index (χ2v) is 4.03. The average molecular weight is 205 g/mol. The van der Waals surface area contributed by atoms with Crippen LogP contribution in [0.1, 0.15) is 18.4 Å². The van der Waals surface area contributed by atoms with Gasteiger partial charge in [-0.2, -0.15) is 0 Å². The van der Waals surface area contributed by atoms with Gasteiger partial charge in [0.25, 0.3) is 0 Å². The summed E-state index contributed by atoms with van der Waals surface area (Å²) in [7, 11) is 0. The minimum absolute atomic E-state index is 0.534. The van der Waals surface area contributed by atoms with Gasteiger partial charge in [0.05, 0.1) is 0 Å². The minimum atomic E-state index is -0.723. The Balaban J connectivity index is 2.38. The monoisotopic (exact) mass is 205 g/mol. The summed E-state index contributed by atoms with van der Waals surface area (Å²) in [5.41, 5.74) is 0.184. The summed E-state index contributed by atoms with van der Waals surface area (Å²) in [4.78, 5) is 11.4. The molecule has 0 radical (unpaired) electrons. The van der Waals surface area contributed by atoms with E-state index in [1.165, 1.54) is 0 Å². The number of hydrogen-bond donors (Lipinski definition) is 2. The highest BCUT2D eigenvalue weighted by atomic mass is 16.4. The van der Waals surface area contributed by atoms with Crippen LogP contribution in [0.2, 0.25) is 0 Å². The second kappa shape index (κ2) is 4.03. The van der Waals surface area contributed by atoms with Crippen molar-refractivity contribution in [2.24, 2.45) is 0 Å². The topological polar surface area (TPSA) is 49.3 Å². The van der Waals surface area contributed by atoms with Gasteiger partial charge in [-0.1, -0.05) is 30.3 Å². The van der Waals surface area contributed by atoms with Crippen LogP contribution in [0, 0.1) is 0 Å². The van der Waals surface area contributed by atoms with Gasteiger partial charge in [-0.3, -0.25) is 4.79 Å². The fraction of sp³-hybridized carbons (Fsp3) is 0.417. The molecule has 15 heavy (non-hydrogen) atoms. The largest absolute Gasteiger partial charge is 0.481 e. The van der Waals surface area contributed by atoms with E-state index in [1.807, 2.05) is 30.3 Å². The fourth-order valence-electron chi connectivity index (χ4n) is 2.21. The molecule has 0 spiro atoms. The molecule has 1 heterocycles. The maximum atomic E-state index is 11.4. The van der Waals surface area contributed by atoms with E-state index in [4.69, 9.17) is 0 Å². The Hall–Kier alpha value is -1.35. The molecule has 0 amide bonds. The van der Waals surface area contributed by atoms with Gasteiger partial charge in [-0.25, -0.2) is 0 Å². The van der Waals surface area contributed by atoms with Crippen LogP contribution in [0.4, 0.5) is 0 Å². The minimum Gasteiger partial charge on any atom is -0.481 e. The number of hydrogen-bond acceptors (Lipinski definition) is 2. The molecule has 1 fully saturated rings. The number of piperidine rings is 1. The van der Waals surface area contributed by atoms with Crippen LogP contribution in [0.3, 0.4) is 0 Å². The average Bonchev–Trinajstić information content (AvgIpc) is 2.31. The summed E-state index contributed by atoms with van der Waals surface area (Å²) < 4.78 is 0. The summed E-state index contributed by atoms with van der Waals surface area (Å²) in [6.45, 7) is 1.45. The Morgan fingerprint density at radius 1 is 1.33 bits per heavy atom. The number of benzene rings is 1. The van der Waals surface area contributed by atoms with Crippen molar-refractivity contribution in [2.45, 2.75) is 18.3 Å². The maximum Gasteiger partial charge on any atom is 0.315 e. The highest BCUT2D eigenvalue weighted by Crippen LogP contribution is 2.31. The molecule has 3 nitrogen and oxygen atoms in total. The van der Waals surface area contributed by atoms with Gasteiger partial charge >= 0.3 is 5.97 Å². The van der Waals surface area contributed by atoms with Crippen molar-refractivity contribution in [3.63, 3.8) is 0 Å². The van der Waals surface area contributed by atoms with E-state index in [-0.39, 0.29) is 0 Å². The van der Waals surface area contributed by atoms with Gasteiger partial charge in [0.1, 0.15) is 5.41 Å². The smallest absolute Gasteiger partial charge is 0.315 e. The van der Waals surface area contributed by atoms with Crippen molar-refractivity contribution in [1.29, 1.82) is 0 Å². The highest BCUT2D eigenvalue weighted by molar-refractivity contribution is 5.82. The zero-order valence-electron chi connectivity index (χ0n) is 8.57. The zero-order valence-corrected chi connectivity index (χ0v) is 8.57. The molecule has 0 aromatic heterocycles. The lowest BCUT2D eigenvalue weighted by molar-refractivity contribution is -0.144. The SMILES string of the molecule is O=C(O)[C@@]1(c2ccccc2)CCCNC1. The van der Waals surface area contributed by atoms with Crippen LogP contribution in [0.25, 0.3) is 0 Å². The molecule has 3 heteroatoms. The second-order valence-electron chi connectivity index (χ2n) is 4.03. The first kappa shape index (κ1) is 10.2. The van der Waals surface area contributed by atoms with E-state index in [2.05, 4.69) is 5.32 Å². The van der Waals surface area contributed by atoms with Crippen molar-refractivity contribution in [3.8, 4) is 0 Å². The van der Waals surface area contributed by atoms with Crippen molar-refractivity contribution >= 4 is 5.97 Å². The number of carboxylic acid groups (broad SMARTS) is 1. The number of carbonyl (C=O) groups is 1. The number of carboxylic acids is 1. The van der Waals surface area contributed by atoms with Gasteiger partial charge < -0.3 is 10.4 Å². The Labute approximate surface area is 89.1 Å². The first-order chi connectivity index (χ1) is 7.26.